The smallest absolute Gasteiger partial charge is 0.264 e. The monoisotopic (exact) mass is 415 g/mol. The number of thioether (sulfide) groups is 1. The summed E-state index contributed by atoms with van der Waals surface area (Å²) in [6.07, 6.45) is 4.89. The molecule has 4 rings (SSSR count). The Bertz CT molecular complexity index is 1040. The summed E-state index contributed by atoms with van der Waals surface area (Å²) < 4.78 is 1.66. The molecule has 9 heteroatoms. The number of nitrogens with zero attached hydrogens (tertiary/aromatic N) is 4. The quantitative estimate of drug-likeness (QED) is 0.640. The Balaban J connectivity index is 1.56. The molecule has 0 radical (unpaired) electrons. The van der Waals surface area contributed by atoms with Gasteiger partial charge in [-0.05, 0) is 47.7 Å². The average molecular weight is 416 g/mol. The molecule has 1 N–H and O–H groups in total. The molecule has 1 amide bonds. The molecule has 1 aromatic heterocycles. The standard InChI is InChI=1S/C18H11Cl2N5OS/c19-13-2-1-3-14(20)16(13)23-18-24-17(26)15(27-18)8-11-4-6-12(7-5-11)25-10-21-9-22-25/h1-10H,(H,23,24,26)/b15-8+. The van der Waals surface area contributed by atoms with Crippen LogP contribution in [0.1, 0.15) is 5.56 Å². The van der Waals surface area contributed by atoms with Crippen LogP contribution < -0.4 is 5.32 Å². The highest BCUT2D eigenvalue weighted by Crippen LogP contribution is 2.35. The van der Waals surface area contributed by atoms with E-state index in [1.54, 1.807) is 35.3 Å². The van der Waals surface area contributed by atoms with Crippen LogP contribution in [0.25, 0.3) is 11.8 Å². The number of carbonyl (C=O) groups excluding carboxylic acids is 1. The molecule has 0 saturated carbocycles. The fourth-order valence-electron chi connectivity index (χ4n) is 2.39. The van der Waals surface area contributed by atoms with Gasteiger partial charge in [-0.25, -0.2) is 14.7 Å². The number of benzene rings is 2. The van der Waals surface area contributed by atoms with Gasteiger partial charge in [0.05, 0.1) is 20.6 Å². The van der Waals surface area contributed by atoms with Crippen LogP contribution in [0.5, 0.6) is 0 Å². The molecule has 1 aliphatic heterocycles. The van der Waals surface area contributed by atoms with Crippen LogP contribution >= 0.6 is 35.0 Å². The second-order valence-corrected chi connectivity index (χ2v) is 7.33. The van der Waals surface area contributed by atoms with E-state index in [0.29, 0.717) is 25.8 Å². The van der Waals surface area contributed by atoms with Crippen molar-refractivity contribution in [2.75, 3.05) is 0 Å². The van der Waals surface area contributed by atoms with Gasteiger partial charge >= 0.3 is 0 Å². The number of hydrogen-bond donors (Lipinski definition) is 1. The Morgan fingerprint density at radius 3 is 2.52 bits per heavy atom. The molecule has 2 aromatic carbocycles. The third-order valence-electron chi connectivity index (χ3n) is 3.68. The van der Waals surface area contributed by atoms with E-state index in [0.717, 1.165) is 11.3 Å². The third kappa shape index (κ3) is 3.90. The summed E-state index contributed by atoms with van der Waals surface area (Å²) in [5, 5.41) is 8.08. The zero-order valence-corrected chi connectivity index (χ0v) is 16.0. The highest BCUT2D eigenvalue weighted by molar-refractivity contribution is 8.18. The van der Waals surface area contributed by atoms with Crippen molar-refractivity contribution in [1.82, 2.24) is 20.1 Å². The Kier molecular flexibility index (Phi) is 4.98. The number of hydrogen-bond acceptors (Lipinski definition) is 5. The minimum atomic E-state index is -0.220. The minimum Gasteiger partial charge on any atom is -0.300 e. The summed E-state index contributed by atoms with van der Waals surface area (Å²) in [7, 11) is 0. The molecule has 1 fully saturated rings. The number of nitrogens with one attached hydrogen (secondary N) is 1. The molecule has 0 spiro atoms. The summed E-state index contributed by atoms with van der Waals surface area (Å²) >= 11 is 13.5. The average Bonchev–Trinajstić information content (AvgIpc) is 3.30. The van der Waals surface area contributed by atoms with Gasteiger partial charge in [-0.2, -0.15) is 5.10 Å². The lowest BCUT2D eigenvalue weighted by Gasteiger charge is -2.01. The Morgan fingerprint density at radius 2 is 1.85 bits per heavy atom. The molecule has 0 atom stereocenters. The maximum absolute atomic E-state index is 12.2. The largest absolute Gasteiger partial charge is 0.300 e. The highest BCUT2D eigenvalue weighted by Gasteiger charge is 2.24. The van der Waals surface area contributed by atoms with Crippen molar-refractivity contribution in [2.24, 2.45) is 4.99 Å². The van der Waals surface area contributed by atoms with Crippen LogP contribution in [0.3, 0.4) is 0 Å². The molecule has 0 bridgehead atoms. The predicted octanol–water partition coefficient (Wildman–Crippen LogP) is 4.47. The van der Waals surface area contributed by atoms with E-state index in [9.17, 15) is 4.79 Å². The molecule has 134 valence electrons. The number of halogens is 2. The molecular formula is C18H11Cl2N5OS. The van der Waals surface area contributed by atoms with E-state index in [4.69, 9.17) is 23.2 Å². The van der Waals surface area contributed by atoms with Gasteiger partial charge < -0.3 is 5.32 Å². The van der Waals surface area contributed by atoms with E-state index < -0.39 is 0 Å². The topological polar surface area (TPSA) is 72.2 Å². The zero-order chi connectivity index (χ0) is 18.8. The van der Waals surface area contributed by atoms with E-state index >= 15 is 0 Å². The zero-order valence-electron chi connectivity index (χ0n) is 13.6. The lowest BCUT2D eigenvalue weighted by molar-refractivity contribution is -0.115. The van der Waals surface area contributed by atoms with Gasteiger partial charge in [0.25, 0.3) is 5.91 Å². The first kappa shape index (κ1) is 17.8. The van der Waals surface area contributed by atoms with Gasteiger partial charge in [-0.3, -0.25) is 4.79 Å². The van der Waals surface area contributed by atoms with Crippen LogP contribution in [-0.2, 0) is 4.79 Å². The van der Waals surface area contributed by atoms with Crippen molar-refractivity contribution >= 4 is 57.8 Å². The number of rotatable bonds is 3. The van der Waals surface area contributed by atoms with Crippen molar-refractivity contribution in [2.45, 2.75) is 0 Å². The summed E-state index contributed by atoms with van der Waals surface area (Å²) in [6.45, 7) is 0. The van der Waals surface area contributed by atoms with E-state index in [2.05, 4.69) is 20.4 Å². The Labute approximate surface area is 168 Å². The third-order valence-corrected chi connectivity index (χ3v) is 5.20. The molecule has 27 heavy (non-hydrogen) atoms. The van der Waals surface area contributed by atoms with Gasteiger partial charge in [0.1, 0.15) is 18.3 Å². The summed E-state index contributed by atoms with van der Waals surface area (Å²) in [5.41, 5.74) is 2.20. The first-order valence-corrected chi connectivity index (χ1v) is 9.36. The van der Waals surface area contributed by atoms with E-state index in [-0.39, 0.29) is 5.91 Å². The van der Waals surface area contributed by atoms with E-state index in [1.165, 1.54) is 18.1 Å². The van der Waals surface area contributed by atoms with Gasteiger partial charge in [-0.15, -0.1) is 0 Å². The summed E-state index contributed by atoms with van der Waals surface area (Å²) in [6, 6.07) is 12.7. The SMILES string of the molecule is O=C1NC(=Nc2c(Cl)cccc2Cl)S/C1=C/c1ccc(-n2cncn2)cc1. The minimum absolute atomic E-state index is 0.220. The van der Waals surface area contributed by atoms with Crippen LogP contribution in [0.15, 0.2) is 65.0 Å². The summed E-state index contributed by atoms with van der Waals surface area (Å²) in [5.74, 6) is -0.220. The number of carbonyl (C=O) groups is 1. The first-order valence-electron chi connectivity index (χ1n) is 7.79. The van der Waals surface area contributed by atoms with Crippen molar-refractivity contribution < 1.29 is 4.79 Å². The van der Waals surface area contributed by atoms with Crippen LogP contribution in [0, 0.1) is 0 Å². The Hall–Kier alpha value is -2.61. The normalized spacial score (nSPS) is 16.9. The Morgan fingerprint density at radius 1 is 1.11 bits per heavy atom. The number of aromatic nitrogens is 3. The molecule has 6 nitrogen and oxygen atoms in total. The predicted molar refractivity (Wildman–Crippen MR) is 109 cm³/mol. The van der Waals surface area contributed by atoms with Gasteiger partial charge in [-0.1, -0.05) is 41.4 Å². The van der Waals surface area contributed by atoms with Crippen LogP contribution in [-0.4, -0.2) is 25.8 Å². The number of amides is 1. The number of aliphatic imine (C=N–C) groups is 1. The second kappa shape index (κ2) is 7.56. The molecule has 2 heterocycles. The number of para-hydroxylation sites is 1. The van der Waals surface area contributed by atoms with Crippen molar-refractivity contribution in [1.29, 1.82) is 0 Å². The molecule has 0 aliphatic carbocycles. The van der Waals surface area contributed by atoms with Gasteiger partial charge in [0, 0.05) is 0 Å². The second-order valence-electron chi connectivity index (χ2n) is 5.48. The maximum Gasteiger partial charge on any atom is 0.264 e. The fourth-order valence-corrected chi connectivity index (χ4v) is 3.70. The lowest BCUT2D eigenvalue weighted by atomic mass is 10.2. The first-order chi connectivity index (χ1) is 13.1. The van der Waals surface area contributed by atoms with Crippen molar-refractivity contribution in [3.63, 3.8) is 0 Å². The summed E-state index contributed by atoms with van der Waals surface area (Å²) in [4.78, 5) is 21.1. The molecular weight excluding hydrogens is 405 g/mol. The van der Waals surface area contributed by atoms with Crippen molar-refractivity contribution in [3.8, 4) is 5.69 Å². The van der Waals surface area contributed by atoms with Crippen LogP contribution in [0.2, 0.25) is 10.0 Å². The fraction of sp³-hybridized carbons (Fsp3) is 0. The van der Waals surface area contributed by atoms with Crippen LogP contribution in [0.4, 0.5) is 5.69 Å². The van der Waals surface area contributed by atoms with E-state index in [1.807, 2.05) is 24.3 Å². The molecule has 3 aromatic rings. The molecule has 0 unspecified atom stereocenters. The van der Waals surface area contributed by atoms with Crippen molar-refractivity contribution in [3.05, 3.63) is 75.6 Å². The van der Waals surface area contributed by atoms with Gasteiger partial charge in [0.2, 0.25) is 0 Å². The maximum atomic E-state index is 12.2. The molecule has 1 aliphatic rings. The lowest BCUT2D eigenvalue weighted by Crippen LogP contribution is -2.19. The highest BCUT2D eigenvalue weighted by atomic mass is 35.5. The van der Waals surface area contributed by atoms with Gasteiger partial charge in [0.15, 0.2) is 5.17 Å². The molecule has 1 saturated heterocycles. The number of amidine groups is 1.